The van der Waals surface area contributed by atoms with Crippen molar-refractivity contribution in [3.05, 3.63) is 21.4 Å². The average Bonchev–Trinajstić information content (AvgIpc) is 2.61. The maximum Gasteiger partial charge on any atom is 0.261 e. The first-order chi connectivity index (χ1) is 7.69. The molecule has 0 aliphatic heterocycles. The number of aliphatic hydroxyl groups excluding tert-OH is 1. The summed E-state index contributed by atoms with van der Waals surface area (Å²) in [6.45, 7) is 4.52. The van der Waals surface area contributed by atoms with E-state index in [1.807, 2.05) is 19.9 Å². The lowest BCUT2D eigenvalue weighted by Crippen LogP contribution is -2.21. The molecular formula is C12H15NO2S. The fraction of sp³-hybridized carbons (Fsp3) is 0.417. The minimum absolute atomic E-state index is 0.0502. The average molecular weight is 237 g/mol. The minimum Gasteiger partial charge on any atom is -0.395 e. The summed E-state index contributed by atoms with van der Waals surface area (Å²) >= 11 is 1.39. The van der Waals surface area contributed by atoms with Gasteiger partial charge in [-0.05, 0) is 25.5 Å². The lowest BCUT2D eigenvalue weighted by atomic mass is 10.2. The van der Waals surface area contributed by atoms with E-state index in [2.05, 4.69) is 17.2 Å². The van der Waals surface area contributed by atoms with Crippen molar-refractivity contribution < 1.29 is 9.90 Å². The van der Waals surface area contributed by atoms with Gasteiger partial charge >= 0.3 is 0 Å². The standard InChI is InChI=1S/C12H15NO2S/c1-3-13-12(15)11-8-9(2)10(16-11)6-4-5-7-14/h8,14H,3,5,7H2,1-2H3,(H,13,15). The quantitative estimate of drug-likeness (QED) is 0.783. The van der Waals surface area contributed by atoms with Gasteiger partial charge in [-0.25, -0.2) is 0 Å². The van der Waals surface area contributed by atoms with Gasteiger partial charge in [0, 0.05) is 13.0 Å². The zero-order valence-electron chi connectivity index (χ0n) is 9.46. The van der Waals surface area contributed by atoms with Crippen LogP contribution >= 0.6 is 11.3 Å². The topological polar surface area (TPSA) is 49.3 Å². The van der Waals surface area contributed by atoms with Crippen molar-refractivity contribution in [1.82, 2.24) is 5.32 Å². The molecular weight excluding hydrogens is 222 g/mol. The van der Waals surface area contributed by atoms with E-state index in [0.717, 1.165) is 10.4 Å². The van der Waals surface area contributed by atoms with Crippen LogP contribution in [0.15, 0.2) is 6.07 Å². The summed E-state index contributed by atoms with van der Waals surface area (Å²) in [5.41, 5.74) is 1.01. The number of hydrogen-bond donors (Lipinski definition) is 2. The van der Waals surface area contributed by atoms with Crippen LogP contribution in [0.5, 0.6) is 0 Å². The van der Waals surface area contributed by atoms with E-state index in [0.29, 0.717) is 17.8 Å². The molecule has 4 heteroatoms. The molecule has 0 aliphatic rings. The van der Waals surface area contributed by atoms with Crippen LogP contribution < -0.4 is 5.32 Å². The van der Waals surface area contributed by atoms with E-state index < -0.39 is 0 Å². The Morgan fingerprint density at radius 2 is 2.38 bits per heavy atom. The molecule has 0 fully saturated rings. The van der Waals surface area contributed by atoms with Gasteiger partial charge in [-0.1, -0.05) is 11.8 Å². The Balaban J connectivity index is 2.82. The predicted octanol–water partition coefficient (Wildman–Crippen LogP) is 1.54. The third kappa shape index (κ3) is 3.37. The number of amides is 1. The van der Waals surface area contributed by atoms with Gasteiger partial charge in [0.05, 0.1) is 16.4 Å². The minimum atomic E-state index is -0.0502. The molecule has 0 aliphatic carbocycles. The number of rotatable bonds is 3. The molecule has 0 unspecified atom stereocenters. The Morgan fingerprint density at radius 1 is 1.62 bits per heavy atom. The zero-order chi connectivity index (χ0) is 12.0. The molecule has 0 radical (unpaired) electrons. The van der Waals surface area contributed by atoms with Gasteiger partial charge in [-0.15, -0.1) is 11.3 Å². The van der Waals surface area contributed by atoms with Gasteiger partial charge in [-0.3, -0.25) is 4.79 Å². The summed E-state index contributed by atoms with van der Waals surface area (Å²) < 4.78 is 0. The van der Waals surface area contributed by atoms with Gasteiger partial charge in [0.15, 0.2) is 0 Å². The summed E-state index contributed by atoms with van der Waals surface area (Å²) in [6, 6.07) is 1.85. The van der Waals surface area contributed by atoms with E-state index in [1.54, 1.807) is 0 Å². The fourth-order valence-electron chi connectivity index (χ4n) is 1.16. The van der Waals surface area contributed by atoms with Crippen molar-refractivity contribution in [2.24, 2.45) is 0 Å². The van der Waals surface area contributed by atoms with Crippen molar-refractivity contribution in [2.75, 3.05) is 13.2 Å². The third-order valence-corrected chi connectivity index (χ3v) is 3.07. The summed E-state index contributed by atoms with van der Waals surface area (Å²) in [5.74, 6) is 5.76. The fourth-order valence-corrected chi connectivity index (χ4v) is 2.13. The summed E-state index contributed by atoms with van der Waals surface area (Å²) in [5, 5.41) is 11.4. The first-order valence-electron chi connectivity index (χ1n) is 5.17. The van der Waals surface area contributed by atoms with E-state index >= 15 is 0 Å². The molecule has 2 N–H and O–H groups in total. The molecule has 0 saturated carbocycles. The maximum atomic E-state index is 11.6. The molecule has 0 aromatic carbocycles. The van der Waals surface area contributed by atoms with Crippen molar-refractivity contribution in [3.8, 4) is 11.8 Å². The summed E-state index contributed by atoms with van der Waals surface area (Å²) in [4.78, 5) is 13.1. The van der Waals surface area contributed by atoms with E-state index in [-0.39, 0.29) is 12.5 Å². The number of nitrogens with one attached hydrogen (secondary N) is 1. The monoisotopic (exact) mass is 237 g/mol. The van der Waals surface area contributed by atoms with Crippen molar-refractivity contribution in [1.29, 1.82) is 0 Å². The highest BCUT2D eigenvalue weighted by Gasteiger charge is 2.09. The molecule has 3 nitrogen and oxygen atoms in total. The van der Waals surface area contributed by atoms with Crippen LogP contribution in [-0.2, 0) is 0 Å². The van der Waals surface area contributed by atoms with Crippen LogP contribution in [0.1, 0.15) is 33.5 Å². The van der Waals surface area contributed by atoms with Crippen molar-refractivity contribution >= 4 is 17.2 Å². The largest absolute Gasteiger partial charge is 0.395 e. The second-order valence-electron chi connectivity index (χ2n) is 3.26. The van der Waals surface area contributed by atoms with E-state index in [1.165, 1.54) is 11.3 Å². The smallest absolute Gasteiger partial charge is 0.261 e. The lowest BCUT2D eigenvalue weighted by molar-refractivity contribution is 0.0960. The van der Waals surface area contributed by atoms with E-state index in [4.69, 9.17) is 5.11 Å². The Morgan fingerprint density at radius 3 is 3.00 bits per heavy atom. The van der Waals surface area contributed by atoms with E-state index in [9.17, 15) is 4.79 Å². The molecule has 1 aromatic heterocycles. The summed E-state index contributed by atoms with van der Waals surface area (Å²) in [6.07, 6.45) is 0.466. The molecule has 0 spiro atoms. The Labute approximate surface area is 99.5 Å². The lowest BCUT2D eigenvalue weighted by Gasteiger charge is -1.96. The predicted molar refractivity (Wildman–Crippen MR) is 65.6 cm³/mol. The number of carbonyl (C=O) groups is 1. The Kier molecular flexibility index (Phi) is 5.03. The molecule has 1 aromatic rings. The van der Waals surface area contributed by atoms with Gasteiger partial charge < -0.3 is 10.4 Å². The molecule has 0 bridgehead atoms. The van der Waals surface area contributed by atoms with Crippen LogP contribution in [0, 0.1) is 18.8 Å². The first kappa shape index (κ1) is 12.8. The Bertz CT molecular complexity index is 426. The van der Waals surface area contributed by atoms with Crippen molar-refractivity contribution in [3.63, 3.8) is 0 Å². The summed E-state index contributed by atoms with van der Waals surface area (Å²) in [7, 11) is 0. The molecule has 0 atom stereocenters. The molecule has 1 heterocycles. The van der Waals surface area contributed by atoms with Crippen LogP contribution in [0.25, 0.3) is 0 Å². The highest BCUT2D eigenvalue weighted by atomic mass is 32.1. The highest BCUT2D eigenvalue weighted by molar-refractivity contribution is 7.14. The van der Waals surface area contributed by atoms with Crippen LogP contribution in [0.3, 0.4) is 0 Å². The number of aliphatic hydroxyl groups is 1. The second kappa shape index (κ2) is 6.31. The molecule has 16 heavy (non-hydrogen) atoms. The third-order valence-electron chi connectivity index (χ3n) is 1.92. The van der Waals surface area contributed by atoms with Crippen LogP contribution in [0.2, 0.25) is 0 Å². The highest BCUT2D eigenvalue weighted by Crippen LogP contribution is 2.20. The molecule has 1 rings (SSSR count). The van der Waals surface area contributed by atoms with Crippen LogP contribution in [0.4, 0.5) is 0 Å². The van der Waals surface area contributed by atoms with Crippen LogP contribution in [-0.4, -0.2) is 24.2 Å². The van der Waals surface area contributed by atoms with Gasteiger partial charge in [0.2, 0.25) is 0 Å². The molecule has 1 amide bonds. The van der Waals surface area contributed by atoms with Gasteiger partial charge in [0.25, 0.3) is 5.91 Å². The first-order valence-corrected chi connectivity index (χ1v) is 5.99. The van der Waals surface area contributed by atoms with Gasteiger partial charge in [-0.2, -0.15) is 0 Å². The molecule has 0 saturated heterocycles. The normalized spacial score (nSPS) is 9.44. The maximum absolute atomic E-state index is 11.6. The zero-order valence-corrected chi connectivity index (χ0v) is 10.3. The second-order valence-corrected chi connectivity index (χ2v) is 4.31. The van der Waals surface area contributed by atoms with Crippen molar-refractivity contribution in [2.45, 2.75) is 20.3 Å². The number of aryl methyl sites for hydroxylation is 1. The number of thiophene rings is 1. The SMILES string of the molecule is CCNC(=O)c1cc(C)c(C#CCCO)s1. The van der Waals surface area contributed by atoms with Gasteiger partial charge in [0.1, 0.15) is 0 Å². The Hall–Kier alpha value is -1.31. The molecule has 86 valence electrons. The number of hydrogen-bond acceptors (Lipinski definition) is 3. The number of carbonyl (C=O) groups excluding carboxylic acids is 1.